The first-order chi connectivity index (χ1) is 4.45. The van der Waals surface area contributed by atoms with E-state index in [-0.39, 0.29) is 37.6 Å². The van der Waals surface area contributed by atoms with Gasteiger partial charge in [0, 0.05) is 0 Å². The molecule has 0 heterocycles. The fraction of sp³-hybridized carbons (Fsp3) is 0.750. The minimum Gasteiger partial charge on any atom is -1.00 e. The predicted octanol–water partition coefficient (Wildman–Crippen LogP) is -3.45. The Morgan fingerprint density at radius 3 is 2.36 bits per heavy atom. The fourth-order valence-corrected chi connectivity index (χ4v) is 0.733. The van der Waals surface area contributed by atoms with Crippen LogP contribution in [-0.2, 0) is 19.6 Å². The predicted molar refractivity (Wildman–Crippen MR) is 34.2 cm³/mol. The maximum absolute atomic E-state index is 10.3. The third kappa shape index (κ3) is 10.4. The van der Waals surface area contributed by atoms with Gasteiger partial charge in [-0.25, -0.2) is 0 Å². The van der Waals surface area contributed by atoms with E-state index in [1.807, 2.05) is 0 Å². The van der Waals surface area contributed by atoms with Crippen molar-refractivity contribution >= 4 is 16.1 Å². The molecule has 0 aliphatic heterocycles. The van der Waals surface area contributed by atoms with Crippen molar-refractivity contribution in [2.75, 3.05) is 12.4 Å². The maximum Gasteiger partial charge on any atom is 1.00 e. The molecular formula is C4H9NaO5S. The summed E-state index contributed by atoms with van der Waals surface area (Å²) < 4.78 is 32.3. The Morgan fingerprint density at radius 1 is 1.64 bits per heavy atom. The third-order valence-corrected chi connectivity index (χ3v) is 1.21. The van der Waals surface area contributed by atoms with E-state index in [1.165, 1.54) is 0 Å². The van der Waals surface area contributed by atoms with Gasteiger partial charge in [0.1, 0.15) is 0 Å². The summed E-state index contributed by atoms with van der Waals surface area (Å²) in [5.74, 6) is -1.91. The van der Waals surface area contributed by atoms with Crippen LogP contribution in [0.1, 0.15) is 8.35 Å². The fourth-order valence-electron chi connectivity index (χ4n) is 0.352. The van der Waals surface area contributed by atoms with Crippen LogP contribution < -0.4 is 29.6 Å². The summed E-state index contributed by atoms with van der Waals surface area (Å²) in [5.41, 5.74) is 0. The second-order valence-corrected chi connectivity index (χ2v) is 2.98. The van der Waals surface area contributed by atoms with Crippen LogP contribution in [0.15, 0.2) is 0 Å². The molecule has 0 fully saturated rings. The zero-order valence-corrected chi connectivity index (χ0v) is 9.22. The second kappa shape index (κ2) is 5.96. The van der Waals surface area contributed by atoms with Crippen molar-refractivity contribution in [3.63, 3.8) is 0 Å². The van der Waals surface area contributed by atoms with Crippen molar-refractivity contribution in [3.8, 4) is 0 Å². The minimum atomic E-state index is -4.22. The molecule has 0 aliphatic carbocycles. The molecule has 0 radical (unpaired) electrons. The standard InChI is InChI=1S/C4H8O5S.Na.H/c1-2-9-4(5)3-10(6,7)8;;/h2-3H2,1H3,(H,6,7,8);;/q;+1;-1. The normalized spacial score (nSPS) is 10.0. The quantitative estimate of drug-likeness (QED) is 0.286. The van der Waals surface area contributed by atoms with E-state index >= 15 is 0 Å². The van der Waals surface area contributed by atoms with Crippen molar-refractivity contribution in [2.24, 2.45) is 0 Å². The zero-order chi connectivity index (χ0) is 8.20. The van der Waals surface area contributed by atoms with Crippen molar-refractivity contribution in [1.29, 1.82) is 0 Å². The molecule has 0 atom stereocenters. The number of hydrogen-bond donors (Lipinski definition) is 1. The van der Waals surface area contributed by atoms with Gasteiger partial charge in [-0.15, -0.1) is 0 Å². The minimum absolute atomic E-state index is 0. The Labute approximate surface area is 88.6 Å². The number of carbonyl (C=O) groups is 1. The SMILES string of the molecule is CCOC(=O)CS(=O)(=O)O.[H-].[Na+]. The summed E-state index contributed by atoms with van der Waals surface area (Å²) in [4.78, 5) is 10.3. The van der Waals surface area contributed by atoms with Gasteiger partial charge in [0.05, 0.1) is 6.61 Å². The van der Waals surface area contributed by atoms with Crippen LogP contribution in [0, 0.1) is 0 Å². The van der Waals surface area contributed by atoms with Crippen LogP contribution in [0.3, 0.4) is 0 Å². The van der Waals surface area contributed by atoms with E-state index in [0.717, 1.165) is 0 Å². The van der Waals surface area contributed by atoms with Crippen LogP contribution in [0.4, 0.5) is 0 Å². The van der Waals surface area contributed by atoms with E-state index in [0.29, 0.717) is 0 Å². The molecule has 0 amide bonds. The third-order valence-electron chi connectivity index (χ3n) is 0.606. The monoisotopic (exact) mass is 192 g/mol. The van der Waals surface area contributed by atoms with Gasteiger partial charge in [-0.05, 0) is 6.92 Å². The molecule has 1 N–H and O–H groups in total. The summed E-state index contributed by atoms with van der Waals surface area (Å²) in [6, 6.07) is 0. The average molecular weight is 192 g/mol. The van der Waals surface area contributed by atoms with Gasteiger partial charge in [0.2, 0.25) is 0 Å². The molecule has 0 unspecified atom stereocenters. The number of rotatable bonds is 3. The Morgan fingerprint density at radius 2 is 2.09 bits per heavy atom. The molecule has 0 aromatic carbocycles. The molecule has 0 spiro atoms. The van der Waals surface area contributed by atoms with Gasteiger partial charge in [0.15, 0.2) is 5.75 Å². The maximum atomic E-state index is 10.3. The van der Waals surface area contributed by atoms with Crippen molar-refractivity contribution < 1.29 is 53.5 Å². The Bertz CT molecular complexity index is 213. The molecule has 62 valence electrons. The number of esters is 1. The smallest absolute Gasteiger partial charge is 1.00 e. The van der Waals surface area contributed by atoms with Crippen LogP contribution in [0.5, 0.6) is 0 Å². The molecule has 0 bridgehead atoms. The summed E-state index contributed by atoms with van der Waals surface area (Å²) in [6.07, 6.45) is 0. The summed E-state index contributed by atoms with van der Waals surface area (Å²) in [6.45, 7) is 1.65. The van der Waals surface area contributed by atoms with E-state index in [9.17, 15) is 13.2 Å². The largest absolute Gasteiger partial charge is 1.00 e. The van der Waals surface area contributed by atoms with Gasteiger partial charge >= 0.3 is 35.5 Å². The van der Waals surface area contributed by atoms with Crippen LogP contribution in [0.25, 0.3) is 0 Å². The first kappa shape index (κ1) is 13.9. The number of carbonyl (C=O) groups excluding carboxylic acids is 1. The molecule has 0 aromatic rings. The Balaban J connectivity index is -0.000000405. The molecule has 0 aromatic heterocycles. The number of ether oxygens (including phenoxy) is 1. The topological polar surface area (TPSA) is 80.7 Å². The molecule has 5 nitrogen and oxygen atoms in total. The summed E-state index contributed by atoms with van der Waals surface area (Å²) >= 11 is 0. The molecule has 0 rings (SSSR count). The van der Waals surface area contributed by atoms with E-state index in [4.69, 9.17) is 4.55 Å². The first-order valence-electron chi connectivity index (χ1n) is 2.56. The van der Waals surface area contributed by atoms with E-state index in [1.54, 1.807) is 6.92 Å². The zero-order valence-electron chi connectivity index (χ0n) is 7.40. The molecule has 0 saturated carbocycles. The van der Waals surface area contributed by atoms with Gasteiger partial charge in [0.25, 0.3) is 10.1 Å². The van der Waals surface area contributed by atoms with Crippen molar-refractivity contribution in [1.82, 2.24) is 0 Å². The van der Waals surface area contributed by atoms with E-state index in [2.05, 4.69) is 4.74 Å². The van der Waals surface area contributed by atoms with Crippen LogP contribution >= 0.6 is 0 Å². The second-order valence-electron chi connectivity index (χ2n) is 1.53. The van der Waals surface area contributed by atoms with Gasteiger partial charge in [-0.3, -0.25) is 9.35 Å². The molecule has 0 saturated heterocycles. The van der Waals surface area contributed by atoms with Gasteiger partial charge < -0.3 is 6.16 Å². The molecule has 0 aliphatic rings. The van der Waals surface area contributed by atoms with Gasteiger partial charge in [-0.1, -0.05) is 0 Å². The van der Waals surface area contributed by atoms with Crippen molar-refractivity contribution in [3.05, 3.63) is 0 Å². The Kier molecular flexibility index (Phi) is 7.55. The van der Waals surface area contributed by atoms with Crippen molar-refractivity contribution in [2.45, 2.75) is 6.92 Å². The number of hydrogen-bond acceptors (Lipinski definition) is 4. The van der Waals surface area contributed by atoms with Crippen LogP contribution in [-0.4, -0.2) is 31.3 Å². The molecular weight excluding hydrogens is 183 g/mol. The van der Waals surface area contributed by atoms with Crippen LogP contribution in [0.2, 0.25) is 0 Å². The summed E-state index contributed by atoms with van der Waals surface area (Å²) in [5, 5.41) is 0. The average Bonchev–Trinajstić information content (AvgIpc) is 1.59. The first-order valence-corrected chi connectivity index (χ1v) is 4.17. The van der Waals surface area contributed by atoms with Gasteiger partial charge in [-0.2, -0.15) is 8.42 Å². The molecule has 7 heteroatoms. The molecule has 11 heavy (non-hydrogen) atoms. The summed E-state index contributed by atoms with van der Waals surface area (Å²) in [7, 11) is -4.22. The van der Waals surface area contributed by atoms with E-state index < -0.39 is 21.8 Å². The Hall–Kier alpha value is 0.380.